The number of nitrogen functional groups attached to an aromatic ring is 1. The summed E-state index contributed by atoms with van der Waals surface area (Å²) in [6.45, 7) is 0. The van der Waals surface area contributed by atoms with Crippen molar-refractivity contribution in [3.63, 3.8) is 0 Å². The van der Waals surface area contributed by atoms with E-state index in [1.54, 1.807) is 22.7 Å². The fourth-order valence-electron chi connectivity index (χ4n) is 1.46. The van der Waals surface area contributed by atoms with Crippen LogP contribution in [0, 0.1) is 0 Å². The highest BCUT2D eigenvalue weighted by Gasteiger charge is 2.10. The molecule has 6 heteroatoms. The maximum absolute atomic E-state index is 5.77. The summed E-state index contributed by atoms with van der Waals surface area (Å²) in [6.07, 6.45) is 0. The molecule has 0 aliphatic heterocycles. The van der Waals surface area contributed by atoms with E-state index in [-0.39, 0.29) is 0 Å². The van der Waals surface area contributed by atoms with Crippen molar-refractivity contribution in [3.05, 3.63) is 35.0 Å². The molecule has 0 amide bonds. The Balaban J connectivity index is 2.22. The SMILES string of the molecule is Nc1cccc2nc(-c3ccc(Br)o3)nn12. The third-order valence-electron chi connectivity index (χ3n) is 2.18. The lowest BCUT2D eigenvalue weighted by Crippen LogP contribution is -1.96. The molecular formula is C10H7BrN4O. The van der Waals surface area contributed by atoms with Crippen LogP contribution in [0.2, 0.25) is 0 Å². The molecule has 0 fully saturated rings. The topological polar surface area (TPSA) is 69.3 Å². The Bertz CT molecular complexity index is 658. The summed E-state index contributed by atoms with van der Waals surface area (Å²) in [5.74, 6) is 1.67. The van der Waals surface area contributed by atoms with Crippen molar-refractivity contribution in [3.8, 4) is 11.6 Å². The molecule has 16 heavy (non-hydrogen) atoms. The zero-order chi connectivity index (χ0) is 11.1. The molecule has 0 aliphatic rings. The molecule has 3 rings (SSSR count). The van der Waals surface area contributed by atoms with Crippen LogP contribution in [0.15, 0.2) is 39.4 Å². The number of furan rings is 1. The Hall–Kier alpha value is -1.82. The molecule has 0 atom stereocenters. The van der Waals surface area contributed by atoms with Gasteiger partial charge in [-0.15, -0.1) is 5.10 Å². The van der Waals surface area contributed by atoms with Crippen molar-refractivity contribution in [2.45, 2.75) is 0 Å². The predicted octanol–water partition coefficient (Wildman–Crippen LogP) is 2.33. The van der Waals surface area contributed by atoms with Gasteiger partial charge in [0.05, 0.1) is 0 Å². The molecule has 0 spiro atoms. The van der Waals surface area contributed by atoms with Gasteiger partial charge >= 0.3 is 0 Å². The van der Waals surface area contributed by atoms with Crippen molar-refractivity contribution in [2.75, 3.05) is 5.73 Å². The molecular weight excluding hydrogens is 272 g/mol. The molecule has 2 N–H and O–H groups in total. The Morgan fingerprint density at radius 2 is 2.12 bits per heavy atom. The Morgan fingerprint density at radius 1 is 1.25 bits per heavy atom. The molecule has 5 nitrogen and oxygen atoms in total. The second-order valence-corrected chi connectivity index (χ2v) is 4.04. The fourth-order valence-corrected chi connectivity index (χ4v) is 1.77. The van der Waals surface area contributed by atoms with E-state index in [0.29, 0.717) is 27.7 Å². The van der Waals surface area contributed by atoms with E-state index in [1.807, 2.05) is 12.1 Å². The van der Waals surface area contributed by atoms with Crippen molar-refractivity contribution >= 4 is 27.4 Å². The second-order valence-electron chi connectivity index (χ2n) is 3.26. The van der Waals surface area contributed by atoms with Crippen LogP contribution in [-0.2, 0) is 0 Å². The maximum Gasteiger partial charge on any atom is 0.218 e. The van der Waals surface area contributed by atoms with Gasteiger partial charge in [0.15, 0.2) is 16.1 Å². The number of anilines is 1. The second kappa shape index (κ2) is 3.34. The highest BCUT2D eigenvalue weighted by atomic mass is 79.9. The summed E-state index contributed by atoms with van der Waals surface area (Å²) >= 11 is 3.23. The number of pyridine rings is 1. The van der Waals surface area contributed by atoms with Crippen molar-refractivity contribution in [1.82, 2.24) is 14.6 Å². The summed E-state index contributed by atoms with van der Waals surface area (Å²) in [5.41, 5.74) is 6.47. The Labute approximate surface area is 99.0 Å². The molecule has 0 saturated carbocycles. The van der Waals surface area contributed by atoms with Crippen LogP contribution >= 0.6 is 15.9 Å². The number of aromatic nitrogens is 3. The molecule has 0 unspecified atom stereocenters. The molecule has 0 aromatic carbocycles. The normalized spacial score (nSPS) is 11.1. The number of nitrogens with zero attached hydrogens (tertiary/aromatic N) is 3. The number of hydrogen-bond acceptors (Lipinski definition) is 4. The quantitative estimate of drug-likeness (QED) is 0.742. The summed E-state index contributed by atoms with van der Waals surface area (Å²) in [7, 11) is 0. The fraction of sp³-hybridized carbons (Fsp3) is 0. The molecule has 0 bridgehead atoms. The summed E-state index contributed by atoms with van der Waals surface area (Å²) in [6, 6.07) is 9.04. The summed E-state index contributed by atoms with van der Waals surface area (Å²) < 4.78 is 7.60. The van der Waals surface area contributed by atoms with E-state index in [0.717, 1.165) is 0 Å². The van der Waals surface area contributed by atoms with E-state index in [4.69, 9.17) is 10.2 Å². The van der Waals surface area contributed by atoms with Gasteiger partial charge in [-0.2, -0.15) is 4.52 Å². The minimum Gasteiger partial charge on any atom is -0.446 e. The first-order valence-electron chi connectivity index (χ1n) is 4.61. The number of fused-ring (bicyclic) bond motifs is 1. The first-order chi connectivity index (χ1) is 7.74. The minimum absolute atomic E-state index is 0.517. The first-order valence-corrected chi connectivity index (χ1v) is 5.40. The van der Waals surface area contributed by atoms with Gasteiger partial charge < -0.3 is 10.2 Å². The van der Waals surface area contributed by atoms with Gasteiger partial charge in [-0.3, -0.25) is 0 Å². The number of rotatable bonds is 1. The van der Waals surface area contributed by atoms with Crippen LogP contribution in [0.3, 0.4) is 0 Å². The largest absolute Gasteiger partial charge is 0.446 e. The average molecular weight is 279 g/mol. The number of halogens is 1. The zero-order valence-electron chi connectivity index (χ0n) is 8.09. The monoisotopic (exact) mass is 278 g/mol. The smallest absolute Gasteiger partial charge is 0.218 e. The van der Waals surface area contributed by atoms with E-state index in [2.05, 4.69) is 26.0 Å². The highest BCUT2D eigenvalue weighted by Crippen LogP contribution is 2.23. The van der Waals surface area contributed by atoms with Crippen LogP contribution < -0.4 is 5.73 Å². The summed E-state index contributed by atoms with van der Waals surface area (Å²) in [4.78, 5) is 4.31. The molecule has 3 aromatic heterocycles. The third-order valence-corrected chi connectivity index (χ3v) is 2.61. The van der Waals surface area contributed by atoms with E-state index in [9.17, 15) is 0 Å². The molecule has 3 heterocycles. The molecule has 3 aromatic rings. The van der Waals surface area contributed by atoms with Gasteiger partial charge in [0.2, 0.25) is 5.82 Å². The Kier molecular flexibility index (Phi) is 1.97. The molecule has 80 valence electrons. The lowest BCUT2D eigenvalue weighted by Gasteiger charge is -1.93. The van der Waals surface area contributed by atoms with Gasteiger partial charge in [0.25, 0.3) is 0 Å². The molecule has 0 aliphatic carbocycles. The van der Waals surface area contributed by atoms with Crippen molar-refractivity contribution in [2.24, 2.45) is 0 Å². The Morgan fingerprint density at radius 3 is 2.81 bits per heavy atom. The van der Waals surface area contributed by atoms with Crippen LogP contribution in [0.5, 0.6) is 0 Å². The van der Waals surface area contributed by atoms with Gasteiger partial charge in [0, 0.05) is 0 Å². The van der Waals surface area contributed by atoms with Crippen molar-refractivity contribution in [1.29, 1.82) is 0 Å². The van der Waals surface area contributed by atoms with Gasteiger partial charge in [-0.05, 0) is 40.2 Å². The third kappa shape index (κ3) is 1.38. The van der Waals surface area contributed by atoms with Gasteiger partial charge in [0.1, 0.15) is 5.82 Å². The van der Waals surface area contributed by atoms with Crippen molar-refractivity contribution < 1.29 is 4.42 Å². The van der Waals surface area contributed by atoms with Gasteiger partial charge in [-0.1, -0.05) is 6.07 Å². The lowest BCUT2D eigenvalue weighted by molar-refractivity contribution is 0.551. The maximum atomic E-state index is 5.77. The highest BCUT2D eigenvalue weighted by molar-refractivity contribution is 9.10. The van der Waals surface area contributed by atoms with Gasteiger partial charge in [-0.25, -0.2) is 4.98 Å². The zero-order valence-corrected chi connectivity index (χ0v) is 9.68. The number of nitrogens with two attached hydrogens (primary N) is 1. The minimum atomic E-state index is 0.517. The van der Waals surface area contributed by atoms with E-state index in [1.165, 1.54) is 0 Å². The average Bonchev–Trinajstić information content (AvgIpc) is 2.84. The van der Waals surface area contributed by atoms with Crippen LogP contribution in [0.4, 0.5) is 5.82 Å². The van der Waals surface area contributed by atoms with E-state index >= 15 is 0 Å². The molecule has 0 saturated heterocycles. The van der Waals surface area contributed by atoms with Crippen LogP contribution in [0.25, 0.3) is 17.2 Å². The standard InChI is InChI=1S/C10H7BrN4O/c11-7-5-4-6(16-7)10-13-9-3-1-2-8(12)15(9)14-10/h1-5H,12H2. The number of hydrogen-bond donors (Lipinski definition) is 1. The van der Waals surface area contributed by atoms with Crippen LogP contribution in [-0.4, -0.2) is 14.6 Å². The summed E-state index contributed by atoms with van der Waals surface area (Å²) in [5, 5.41) is 4.26. The lowest BCUT2D eigenvalue weighted by atomic mass is 10.4. The predicted molar refractivity (Wildman–Crippen MR) is 62.8 cm³/mol. The molecule has 0 radical (unpaired) electrons. The first kappa shape index (κ1) is 9.41. The van der Waals surface area contributed by atoms with E-state index < -0.39 is 0 Å². The van der Waals surface area contributed by atoms with Crippen LogP contribution in [0.1, 0.15) is 0 Å².